The first-order valence-corrected chi connectivity index (χ1v) is 6.80. The van der Waals surface area contributed by atoms with Crippen LogP contribution in [-0.2, 0) is 0 Å². The highest BCUT2D eigenvalue weighted by atomic mass is 32.2. The van der Waals surface area contributed by atoms with Gasteiger partial charge in [-0.05, 0) is 30.3 Å². The molecule has 0 fully saturated rings. The third-order valence-electron chi connectivity index (χ3n) is 2.90. The van der Waals surface area contributed by atoms with Crippen LogP contribution in [0.5, 0.6) is 5.75 Å². The predicted octanol–water partition coefficient (Wildman–Crippen LogP) is 3.03. The average molecular weight is 302 g/mol. The summed E-state index contributed by atoms with van der Waals surface area (Å²) in [5.41, 5.74) is 0.696. The standard InChI is InChI=1S/C13H10N4O3S/c1-20-8-2-4-9(5-3-8)21-11-7-6-10(17(18)19)12-13(11)15-16-14-12/h2-7H,1H3,(H,14,15,16). The Morgan fingerprint density at radius 3 is 2.52 bits per heavy atom. The number of non-ortho nitro benzene ring substituents is 1. The zero-order chi connectivity index (χ0) is 14.8. The summed E-state index contributed by atoms with van der Waals surface area (Å²) in [4.78, 5) is 12.3. The number of aromatic nitrogens is 3. The minimum atomic E-state index is -0.466. The number of nitrogens with one attached hydrogen (secondary N) is 1. The summed E-state index contributed by atoms with van der Waals surface area (Å²) in [6, 6.07) is 10.7. The Bertz CT molecular complexity index is 801. The van der Waals surface area contributed by atoms with Crippen LogP contribution in [0.2, 0.25) is 0 Å². The smallest absolute Gasteiger partial charge is 0.299 e. The summed E-state index contributed by atoms with van der Waals surface area (Å²) < 4.78 is 5.11. The summed E-state index contributed by atoms with van der Waals surface area (Å²) >= 11 is 1.46. The molecule has 0 saturated heterocycles. The van der Waals surface area contributed by atoms with Gasteiger partial charge in [-0.25, -0.2) is 0 Å². The third kappa shape index (κ3) is 2.52. The molecule has 2 aromatic carbocycles. The molecule has 0 amide bonds. The molecule has 1 N–H and O–H groups in total. The number of nitro benzene ring substituents is 1. The highest BCUT2D eigenvalue weighted by molar-refractivity contribution is 7.99. The van der Waals surface area contributed by atoms with Gasteiger partial charge in [0, 0.05) is 15.9 Å². The maximum absolute atomic E-state index is 11.0. The van der Waals surface area contributed by atoms with Crippen molar-refractivity contribution in [2.75, 3.05) is 7.11 Å². The Balaban J connectivity index is 1.99. The maximum atomic E-state index is 11.0. The summed E-state index contributed by atoms with van der Waals surface area (Å²) in [7, 11) is 1.61. The largest absolute Gasteiger partial charge is 0.497 e. The zero-order valence-corrected chi connectivity index (χ0v) is 11.8. The van der Waals surface area contributed by atoms with E-state index < -0.39 is 4.92 Å². The Hall–Kier alpha value is -2.61. The van der Waals surface area contributed by atoms with E-state index in [1.54, 1.807) is 13.2 Å². The number of nitro groups is 1. The van der Waals surface area contributed by atoms with Crippen molar-refractivity contribution in [2.45, 2.75) is 9.79 Å². The number of ether oxygens (including phenoxy) is 1. The maximum Gasteiger partial charge on any atom is 0.299 e. The van der Waals surface area contributed by atoms with Crippen LogP contribution in [0.25, 0.3) is 11.0 Å². The number of H-pyrrole nitrogens is 1. The van der Waals surface area contributed by atoms with Crippen LogP contribution in [0.3, 0.4) is 0 Å². The van der Waals surface area contributed by atoms with E-state index in [1.807, 2.05) is 24.3 Å². The molecule has 0 aliphatic carbocycles. The molecule has 1 heterocycles. The second kappa shape index (κ2) is 5.41. The Labute approximate surface area is 123 Å². The molecule has 0 aliphatic heterocycles. The molecule has 3 rings (SSSR count). The van der Waals surface area contributed by atoms with Crippen LogP contribution >= 0.6 is 11.8 Å². The first-order chi connectivity index (χ1) is 10.2. The van der Waals surface area contributed by atoms with Gasteiger partial charge in [-0.3, -0.25) is 10.1 Å². The van der Waals surface area contributed by atoms with Gasteiger partial charge in [0.2, 0.25) is 0 Å². The van der Waals surface area contributed by atoms with Crippen LogP contribution < -0.4 is 4.74 Å². The number of aromatic amines is 1. The van der Waals surface area contributed by atoms with Crippen molar-refractivity contribution in [3.05, 3.63) is 46.5 Å². The molecule has 106 valence electrons. The fourth-order valence-corrected chi connectivity index (χ4v) is 2.80. The van der Waals surface area contributed by atoms with Crippen molar-refractivity contribution in [3.63, 3.8) is 0 Å². The van der Waals surface area contributed by atoms with E-state index in [1.165, 1.54) is 17.8 Å². The van der Waals surface area contributed by atoms with Crippen molar-refractivity contribution >= 4 is 28.5 Å². The van der Waals surface area contributed by atoms with E-state index in [4.69, 9.17) is 4.74 Å². The van der Waals surface area contributed by atoms with Gasteiger partial charge in [0.1, 0.15) is 11.3 Å². The minimum absolute atomic E-state index is 0.0576. The topological polar surface area (TPSA) is 93.9 Å². The fourth-order valence-electron chi connectivity index (χ4n) is 1.89. The Morgan fingerprint density at radius 1 is 1.14 bits per heavy atom. The van der Waals surface area contributed by atoms with Crippen LogP contribution in [0.15, 0.2) is 46.2 Å². The van der Waals surface area contributed by atoms with Gasteiger partial charge < -0.3 is 4.74 Å². The highest BCUT2D eigenvalue weighted by Crippen LogP contribution is 2.35. The number of rotatable bonds is 4. The lowest BCUT2D eigenvalue weighted by Crippen LogP contribution is -1.90. The molecule has 0 radical (unpaired) electrons. The molecule has 0 unspecified atom stereocenters. The molecule has 21 heavy (non-hydrogen) atoms. The first-order valence-electron chi connectivity index (χ1n) is 5.99. The number of methoxy groups -OCH3 is 1. The molecule has 0 aliphatic rings. The molecule has 8 heteroatoms. The number of benzene rings is 2. The molecule has 3 aromatic rings. The van der Waals surface area contributed by atoms with Gasteiger partial charge >= 0.3 is 0 Å². The molecule has 0 spiro atoms. The van der Waals surface area contributed by atoms with E-state index in [2.05, 4.69) is 15.4 Å². The first kappa shape index (κ1) is 13.4. The Morgan fingerprint density at radius 2 is 1.86 bits per heavy atom. The SMILES string of the molecule is COc1ccc(Sc2ccc([N+](=O)[O-])c3n[nH]nc23)cc1. The average Bonchev–Trinajstić information content (AvgIpc) is 2.98. The van der Waals surface area contributed by atoms with Crippen LogP contribution in [0.4, 0.5) is 5.69 Å². The van der Waals surface area contributed by atoms with Gasteiger partial charge in [0.05, 0.1) is 12.0 Å². The highest BCUT2D eigenvalue weighted by Gasteiger charge is 2.18. The fraction of sp³-hybridized carbons (Fsp3) is 0.0769. The van der Waals surface area contributed by atoms with Crippen molar-refractivity contribution in [1.82, 2.24) is 15.4 Å². The number of fused-ring (bicyclic) bond motifs is 1. The molecule has 0 bridgehead atoms. The second-order valence-electron chi connectivity index (χ2n) is 4.14. The summed E-state index contributed by atoms with van der Waals surface area (Å²) in [6.07, 6.45) is 0. The second-order valence-corrected chi connectivity index (χ2v) is 5.25. The van der Waals surface area contributed by atoms with Gasteiger partial charge in [0.15, 0.2) is 5.52 Å². The Kier molecular flexibility index (Phi) is 3.44. The van der Waals surface area contributed by atoms with Crippen LogP contribution in [0.1, 0.15) is 0 Å². The molecule has 0 saturated carbocycles. The lowest BCUT2D eigenvalue weighted by molar-refractivity contribution is -0.383. The molecule has 0 atom stereocenters. The monoisotopic (exact) mass is 302 g/mol. The zero-order valence-electron chi connectivity index (χ0n) is 10.9. The van der Waals surface area contributed by atoms with Crippen molar-refractivity contribution in [3.8, 4) is 5.75 Å². The van der Waals surface area contributed by atoms with Gasteiger partial charge in [0.25, 0.3) is 5.69 Å². The summed E-state index contributed by atoms with van der Waals surface area (Å²) in [5, 5.41) is 21.3. The third-order valence-corrected chi connectivity index (χ3v) is 3.96. The number of hydrogen-bond acceptors (Lipinski definition) is 6. The van der Waals surface area contributed by atoms with E-state index in [9.17, 15) is 10.1 Å². The molecular formula is C13H10N4O3S. The van der Waals surface area contributed by atoms with Crippen LogP contribution in [0, 0.1) is 10.1 Å². The van der Waals surface area contributed by atoms with E-state index in [0.29, 0.717) is 5.52 Å². The van der Waals surface area contributed by atoms with Crippen molar-refractivity contribution in [1.29, 1.82) is 0 Å². The minimum Gasteiger partial charge on any atom is -0.497 e. The molecular weight excluding hydrogens is 292 g/mol. The van der Waals surface area contributed by atoms with Crippen molar-refractivity contribution < 1.29 is 9.66 Å². The van der Waals surface area contributed by atoms with Gasteiger partial charge in [-0.2, -0.15) is 10.3 Å². The van der Waals surface area contributed by atoms with Gasteiger partial charge in [-0.1, -0.05) is 11.8 Å². The van der Waals surface area contributed by atoms with Crippen molar-refractivity contribution in [2.24, 2.45) is 0 Å². The number of nitrogens with zero attached hydrogens (tertiary/aromatic N) is 3. The van der Waals surface area contributed by atoms with E-state index in [0.717, 1.165) is 15.5 Å². The van der Waals surface area contributed by atoms with E-state index >= 15 is 0 Å². The molecule has 1 aromatic heterocycles. The quantitative estimate of drug-likeness (QED) is 0.588. The summed E-state index contributed by atoms with van der Waals surface area (Å²) in [6.45, 7) is 0. The lowest BCUT2D eigenvalue weighted by atomic mass is 10.3. The normalized spacial score (nSPS) is 10.7. The van der Waals surface area contributed by atoms with Crippen LogP contribution in [-0.4, -0.2) is 27.4 Å². The summed E-state index contributed by atoms with van der Waals surface area (Å²) in [5.74, 6) is 0.773. The molecule has 7 nitrogen and oxygen atoms in total. The predicted molar refractivity (Wildman–Crippen MR) is 77.7 cm³/mol. The number of hydrogen-bond donors (Lipinski definition) is 1. The van der Waals surface area contributed by atoms with Gasteiger partial charge in [-0.15, -0.1) is 5.10 Å². The van der Waals surface area contributed by atoms with E-state index in [-0.39, 0.29) is 11.2 Å². The lowest BCUT2D eigenvalue weighted by Gasteiger charge is -2.04.